The van der Waals surface area contributed by atoms with E-state index < -0.39 is 12.1 Å². The molecule has 0 spiro atoms. The molecule has 5 heteroatoms. The Hall–Kier alpha value is -1.10. The number of carbonyl (C=O) groups is 2. The average molecular weight is 227 g/mol. The summed E-state index contributed by atoms with van der Waals surface area (Å²) >= 11 is 0. The molecule has 2 fully saturated rings. The molecule has 0 radical (unpaired) electrons. The van der Waals surface area contributed by atoms with Gasteiger partial charge in [-0.3, -0.25) is 4.79 Å². The molecule has 2 N–H and O–H groups in total. The second-order valence-electron chi connectivity index (χ2n) is 4.65. The maximum Gasteiger partial charge on any atom is 0.334 e. The first-order valence-electron chi connectivity index (χ1n) is 5.66. The van der Waals surface area contributed by atoms with Crippen LogP contribution in [0.5, 0.6) is 0 Å². The third-order valence-corrected chi connectivity index (χ3v) is 3.43. The predicted octanol–water partition coefficient (Wildman–Crippen LogP) is 0.248. The minimum atomic E-state index is -1.04. The monoisotopic (exact) mass is 227 g/mol. The van der Waals surface area contributed by atoms with E-state index in [0.29, 0.717) is 5.92 Å². The number of nitrogens with one attached hydrogen (secondary N) is 1. The Morgan fingerprint density at radius 1 is 1.50 bits per heavy atom. The summed E-state index contributed by atoms with van der Waals surface area (Å²) in [6.45, 7) is 0.0541. The maximum atomic E-state index is 11.6. The van der Waals surface area contributed by atoms with Crippen molar-refractivity contribution >= 4 is 11.9 Å². The first-order valence-corrected chi connectivity index (χ1v) is 5.66. The van der Waals surface area contributed by atoms with Gasteiger partial charge in [0.2, 0.25) is 5.91 Å². The van der Waals surface area contributed by atoms with Crippen LogP contribution in [0.4, 0.5) is 0 Å². The highest BCUT2D eigenvalue weighted by atomic mass is 16.5. The lowest BCUT2D eigenvalue weighted by Gasteiger charge is -2.11. The molecule has 90 valence electrons. The van der Waals surface area contributed by atoms with Crippen LogP contribution in [-0.2, 0) is 14.3 Å². The second-order valence-corrected chi connectivity index (χ2v) is 4.65. The van der Waals surface area contributed by atoms with E-state index in [-0.39, 0.29) is 18.4 Å². The normalized spacial score (nSPS) is 29.6. The first kappa shape index (κ1) is 11.4. The quantitative estimate of drug-likeness (QED) is 0.682. The van der Waals surface area contributed by atoms with Crippen molar-refractivity contribution in [2.45, 2.75) is 25.4 Å². The van der Waals surface area contributed by atoms with Gasteiger partial charge in [-0.15, -0.1) is 0 Å². The summed E-state index contributed by atoms with van der Waals surface area (Å²) < 4.78 is 4.73. The Kier molecular flexibility index (Phi) is 3.14. The molecule has 0 heterocycles. The summed E-state index contributed by atoms with van der Waals surface area (Å²) in [6.07, 6.45) is 2.54. The van der Waals surface area contributed by atoms with Gasteiger partial charge >= 0.3 is 5.97 Å². The lowest BCUT2D eigenvalue weighted by atomic mass is 10.2. The zero-order chi connectivity index (χ0) is 11.7. The van der Waals surface area contributed by atoms with Gasteiger partial charge < -0.3 is 15.2 Å². The van der Waals surface area contributed by atoms with E-state index in [4.69, 9.17) is 9.84 Å². The molecular formula is C11H17NO4. The molecule has 0 aromatic carbocycles. The SMILES string of the molecule is COC(CNC(=O)C1CC1C1CC1)C(=O)O. The molecule has 0 bridgehead atoms. The fraction of sp³-hybridized carbons (Fsp3) is 0.818. The molecule has 2 aliphatic rings. The molecule has 3 atom stereocenters. The summed E-state index contributed by atoms with van der Waals surface area (Å²) in [5.74, 6) is 0.385. The van der Waals surface area contributed by atoms with Crippen LogP contribution < -0.4 is 5.32 Å². The molecule has 2 aliphatic carbocycles. The van der Waals surface area contributed by atoms with Crippen LogP contribution in [0.25, 0.3) is 0 Å². The summed E-state index contributed by atoms with van der Waals surface area (Å²) in [4.78, 5) is 22.3. The van der Waals surface area contributed by atoms with E-state index >= 15 is 0 Å². The number of carbonyl (C=O) groups excluding carboxylic acids is 1. The van der Waals surface area contributed by atoms with Crippen molar-refractivity contribution < 1.29 is 19.4 Å². The zero-order valence-corrected chi connectivity index (χ0v) is 9.31. The summed E-state index contributed by atoms with van der Waals surface area (Å²) in [5, 5.41) is 11.4. The average Bonchev–Trinajstić information content (AvgIpc) is 3.08. The third kappa shape index (κ3) is 2.52. The van der Waals surface area contributed by atoms with Gasteiger partial charge in [-0.05, 0) is 31.1 Å². The highest BCUT2D eigenvalue weighted by Crippen LogP contribution is 2.54. The van der Waals surface area contributed by atoms with Gasteiger partial charge in [0.1, 0.15) is 0 Å². The maximum absolute atomic E-state index is 11.6. The zero-order valence-electron chi connectivity index (χ0n) is 9.31. The van der Waals surface area contributed by atoms with Crippen LogP contribution in [-0.4, -0.2) is 36.7 Å². The predicted molar refractivity (Wildman–Crippen MR) is 55.8 cm³/mol. The van der Waals surface area contributed by atoms with Gasteiger partial charge in [0.15, 0.2) is 6.10 Å². The highest BCUT2D eigenvalue weighted by Gasteiger charge is 2.51. The van der Waals surface area contributed by atoms with Crippen molar-refractivity contribution in [1.82, 2.24) is 5.32 Å². The fourth-order valence-corrected chi connectivity index (χ4v) is 2.16. The Morgan fingerprint density at radius 3 is 2.69 bits per heavy atom. The lowest BCUT2D eigenvalue weighted by Crippen LogP contribution is -2.38. The Bertz CT molecular complexity index is 300. The van der Waals surface area contributed by atoms with E-state index in [1.165, 1.54) is 20.0 Å². The number of amides is 1. The standard InChI is InChI=1S/C11H17NO4/c1-16-9(11(14)15)5-12-10(13)8-4-7(8)6-2-3-6/h6-9H,2-5H2,1H3,(H,12,13)(H,14,15). The topological polar surface area (TPSA) is 75.6 Å². The third-order valence-electron chi connectivity index (χ3n) is 3.43. The van der Waals surface area contributed by atoms with E-state index in [1.54, 1.807) is 0 Å². The van der Waals surface area contributed by atoms with Gasteiger partial charge in [-0.2, -0.15) is 0 Å². The van der Waals surface area contributed by atoms with Crippen molar-refractivity contribution in [3.8, 4) is 0 Å². The number of ether oxygens (including phenoxy) is 1. The van der Waals surface area contributed by atoms with Crippen LogP contribution in [0.15, 0.2) is 0 Å². The molecular weight excluding hydrogens is 210 g/mol. The Balaban J connectivity index is 1.69. The molecule has 16 heavy (non-hydrogen) atoms. The summed E-state index contributed by atoms with van der Waals surface area (Å²) in [6, 6.07) is 0. The first-order chi connectivity index (χ1) is 7.63. The Morgan fingerprint density at radius 2 is 2.19 bits per heavy atom. The molecule has 5 nitrogen and oxygen atoms in total. The van der Waals surface area contributed by atoms with Crippen LogP contribution >= 0.6 is 0 Å². The number of methoxy groups -OCH3 is 1. The molecule has 2 saturated carbocycles. The summed E-state index contributed by atoms with van der Waals surface area (Å²) in [5.41, 5.74) is 0. The minimum absolute atomic E-state index is 0.0137. The van der Waals surface area contributed by atoms with Crippen molar-refractivity contribution in [3.63, 3.8) is 0 Å². The van der Waals surface area contributed by atoms with Gasteiger partial charge in [-0.25, -0.2) is 4.79 Å². The van der Waals surface area contributed by atoms with Crippen LogP contribution in [0.1, 0.15) is 19.3 Å². The van der Waals surface area contributed by atoms with Crippen molar-refractivity contribution in [2.75, 3.05) is 13.7 Å². The number of carboxylic acid groups (broad SMARTS) is 1. The van der Waals surface area contributed by atoms with Gasteiger partial charge in [0.25, 0.3) is 0 Å². The van der Waals surface area contributed by atoms with Gasteiger partial charge in [-0.1, -0.05) is 0 Å². The van der Waals surface area contributed by atoms with Crippen molar-refractivity contribution in [1.29, 1.82) is 0 Å². The van der Waals surface area contributed by atoms with Gasteiger partial charge in [0, 0.05) is 13.0 Å². The fourth-order valence-electron chi connectivity index (χ4n) is 2.16. The van der Waals surface area contributed by atoms with Crippen LogP contribution in [0.2, 0.25) is 0 Å². The number of carboxylic acids is 1. The lowest BCUT2D eigenvalue weighted by molar-refractivity contribution is -0.148. The van der Waals surface area contributed by atoms with E-state index in [2.05, 4.69) is 5.32 Å². The molecule has 0 saturated heterocycles. The Labute approximate surface area is 94.2 Å². The molecule has 0 aromatic rings. The highest BCUT2D eigenvalue weighted by molar-refractivity contribution is 5.82. The minimum Gasteiger partial charge on any atom is -0.479 e. The second kappa shape index (κ2) is 4.41. The largest absolute Gasteiger partial charge is 0.479 e. The molecule has 0 aliphatic heterocycles. The van der Waals surface area contributed by atoms with Crippen LogP contribution in [0, 0.1) is 17.8 Å². The van der Waals surface area contributed by atoms with Crippen molar-refractivity contribution in [2.24, 2.45) is 17.8 Å². The van der Waals surface area contributed by atoms with E-state index in [9.17, 15) is 9.59 Å². The molecule has 2 rings (SSSR count). The van der Waals surface area contributed by atoms with Gasteiger partial charge in [0.05, 0.1) is 6.54 Å². The van der Waals surface area contributed by atoms with Crippen LogP contribution in [0.3, 0.4) is 0 Å². The molecule has 0 aromatic heterocycles. The van der Waals surface area contributed by atoms with Crippen molar-refractivity contribution in [3.05, 3.63) is 0 Å². The molecule has 1 amide bonds. The number of aliphatic carboxylic acids is 1. The van der Waals surface area contributed by atoms with E-state index in [1.807, 2.05) is 0 Å². The molecule has 3 unspecified atom stereocenters. The van der Waals surface area contributed by atoms with E-state index in [0.717, 1.165) is 12.3 Å². The number of rotatable bonds is 6. The summed E-state index contributed by atoms with van der Waals surface area (Å²) in [7, 11) is 1.33. The number of hydrogen-bond acceptors (Lipinski definition) is 3. The number of hydrogen-bond donors (Lipinski definition) is 2. The smallest absolute Gasteiger partial charge is 0.334 e.